The molecule has 0 fully saturated rings. The topological polar surface area (TPSA) is 13.1 Å². The molecular weight excluding hydrogens is 300 g/mol. The molecule has 1 unspecified atom stereocenters. The van der Waals surface area contributed by atoms with Crippen LogP contribution in [0.5, 0.6) is 0 Å². The molecule has 2 aromatic rings. The number of hydrogen-bond acceptors (Lipinski definition) is 1. The van der Waals surface area contributed by atoms with Gasteiger partial charge in [-0.25, -0.2) is 0 Å². The van der Waals surface area contributed by atoms with Crippen LogP contribution in [0.3, 0.4) is 0 Å². The Bertz CT molecular complexity index is 436. The maximum atomic E-state index is 5.87. The van der Waals surface area contributed by atoms with Gasteiger partial charge in [0.25, 0.3) is 0 Å². The van der Waals surface area contributed by atoms with E-state index in [-0.39, 0.29) is 0 Å². The molecule has 0 bridgehead atoms. The van der Waals surface area contributed by atoms with E-state index in [9.17, 15) is 0 Å². The summed E-state index contributed by atoms with van der Waals surface area (Å²) in [7, 11) is 0. The van der Waals surface area contributed by atoms with E-state index >= 15 is 0 Å². The Morgan fingerprint density at radius 1 is 1.12 bits per heavy atom. The van der Waals surface area contributed by atoms with Crippen molar-refractivity contribution in [1.29, 1.82) is 0 Å². The normalized spacial score (nSPS) is 12.6. The lowest BCUT2D eigenvalue weighted by Gasteiger charge is -2.12. The Labute approximate surface area is 115 Å². The van der Waals surface area contributed by atoms with Crippen LogP contribution in [0.15, 0.2) is 47.1 Å². The van der Waals surface area contributed by atoms with Crippen molar-refractivity contribution in [2.45, 2.75) is 12.8 Å². The summed E-state index contributed by atoms with van der Waals surface area (Å²) in [6.45, 7) is 0. The predicted octanol–water partition coefficient (Wildman–Crippen LogP) is 4.73. The summed E-state index contributed by atoms with van der Waals surface area (Å²) < 4.78 is 5.38. The molecule has 0 N–H and O–H groups in total. The van der Waals surface area contributed by atoms with Crippen LogP contribution in [-0.4, -0.2) is 5.33 Å². The Balaban J connectivity index is 1.97. The van der Waals surface area contributed by atoms with Gasteiger partial charge in [0.05, 0.1) is 6.26 Å². The predicted molar refractivity (Wildman–Crippen MR) is 74.9 cm³/mol. The number of alkyl halides is 1. The first-order chi connectivity index (χ1) is 8.28. The molecule has 0 saturated carbocycles. The number of benzene rings is 1. The molecule has 0 aliphatic carbocycles. The third kappa shape index (κ3) is 3.90. The maximum absolute atomic E-state index is 5.87. The zero-order chi connectivity index (χ0) is 12.1. The second-order valence-electron chi connectivity index (χ2n) is 4.13. The summed E-state index contributed by atoms with van der Waals surface area (Å²) in [6, 6.07) is 12.0. The van der Waals surface area contributed by atoms with Gasteiger partial charge in [-0.1, -0.05) is 39.7 Å². The van der Waals surface area contributed by atoms with Crippen molar-refractivity contribution in [3.63, 3.8) is 0 Å². The van der Waals surface area contributed by atoms with Crippen LogP contribution in [0.1, 0.15) is 11.3 Å². The van der Waals surface area contributed by atoms with Crippen molar-refractivity contribution in [2.24, 2.45) is 5.92 Å². The molecule has 0 amide bonds. The first-order valence-electron chi connectivity index (χ1n) is 5.60. The molecule has 0 aliphatic heterocycles. The first kappa shape index (κ1) is 12.7. The van der Waals surface area contributed by atoms with Gasteiger partial charge in [0.1, 0.15) is 5.76 Å². The van der Waals surface area contributed by atoms with E-state index in [1.807, 2.05) is 24.3 Å². The van der Waals surface area contributed by atoms with Crippen molar-refractivity contribution in [3.8, 4) is 0 Å². The average molecular weight is 314 g/mol. The van der Waals surface area contributed by atoms with Gasteiger partial charge < -0.3 is 4.42 Å². The highest BCUT2D eigenvalue weighted by Gasteiger charge is 2.11. The molecule has 0 spiro atoms. The van der Waals surface area contributed by atoms with Gasteiger partial charge in [0.2, 0.25) is 0 Å². The van der Waals surface area contributed by atoms with E-state index in [0.717, 1.165) is 29.0 Å². The van der Waals surface area contributed by atoms with E-state index in [4.69, 9.17) is 16.0 Å². The van der Waals surface area contributed by atoms with Crippen LogP contribution in [0.25, 0.3) is 0 Å². The van der Waals surface area contributed by atoms with Gasteiger partial charge in [-0.3, -0.25) is 0 Å². The molecule has 0 radical (unpaired) electrons. The van der Waals surface area contributed by atoms with Crippen LogP contribution >= 0.6 is 27.5 Å². The lowest BCUT2D eigenvalue weighted by Crippen LogP contribution is -2.09. The Kier molecular flexibility index (Phi) is 4.69. The monoisotopic (exact) mass is 312 g/mol. The fourth-order valence-corrected chi connectivity index (χ4v) is 2.43. The molecular formula is C14H14BrClO. The van der Waals surface area contributed by atoms with Gasteiger partial charge in [-0.2, -0.15) is 0 Å². The van der Waals surface area contributed by atoms with Crippen molar-refractivity contribution < 1.29 is 4.42 Å². The van der Waals surface area contributed by atoms with Gasteiger partial charge in [0.15, 0.2) is 0 Å². The van der Waals surface area contributed by atoms with Crippen LogP contribution in [0.4, 0.5) is 0 Å². The van der Waals surface area contributed by atoms with Crippen LogP contribution < -0.4 is 0 Å². The summed E-state index contributed by atoms with van der Waals surface area (Å²) in [5.74, 6) is 1.59. The average Bonchev–Trinajstić information content (AvgIpc) is 2.84. The van der Waals surface area contributed by atoms with Gasteiger partial charge in [-0.05, 0) is 42.2 Å². The fourth-order valence-electron chi connectivity index (χ4n) is 1.85. The van der Waals surface area contributed by atoms with Crippen molar-refractivity contribution >= 4 is 27.5 Å². The van der Waals surface area contributed by atoms with E-state index in [1.165, 1.54) is 5.56 Å². The molecule has 1 atom stereocenters. The minimum Gasteiger partial charge on any atom is -0.469 e. The second-order valence-corrected chi connectivity index (χ2v) is 5.22. The van der Waals surface area contributed by atoms with Gasteiger partial charge >= 0.3 is 0 Å². The van der Waals surface area contributed by atoms with Gasteiger partial charge in [-0.15, -0.1) is 0 Å². The highest BCUT2D eigenvalue weighted by Crippen LogP contribution is 2.18. The standard InChI is InChI=1S/C14H14BrClO/c15-10-12(9-14-2-1-7-17-14)8-11-3-5-13(16)6-4-11/h1-7,12H,8-10H2. The first-order valence-corrected chi connectivity index (χ1v) is 7.10. The zero-order valence-corrected chi connectivity index (χ0v) is 11.7. The van der Waals surface area contributed by atoms with Crippen LogP contribution in [-0.2, 0) is 12.8 Å². The molecule has 1 aromatic carbocycles. The summed E-state index contributed by atoms with van der Waals surface area (Å²) in [5.41, 5.74) is 1.31. The van der Waals surface area contributed by atoms with E-state index in [0.29, 0.717) is 5.92 Å². The highest BCUT2D eigenvalue weighted by molar-refractivity contribution is 9.09. The Hall–Kier alpha value is -0.730. The summed E-state index contributed by atoms with van der Waals surface area (Å²) in [4.78, 5) is 0. The number of furan rings is 1. The minimum atomic E-state index is 0.544. The third-order valence-corrected chi connectivity index (χ3v) is 3.89. The van der Waals surface area contributed by atoms with Crippen LogP contribution in [0, 0.1) is 5.92 Å². The zero-order valence-electron chi connectivity index (χ0n) is 9.40. The molecule has 2 rings (SSSR count). The second kappa shape index (κ2) is 6.27. The summed E-state index contributed by atoms with van der Waals surface area (Å²) in [5, 5.41) is 1.76. The minimum absolute atomic E-state index is 0.544. The quantitative estimate of drug-likeness (QED) is 0.727. The molecule has 0 aliphatic rings. The summed E-state index contributed by atoms with van der Waals surface area (Å²) in [6.07, 6.45) is 3.72. The smallest absolute Gasteiger partial charge is 0.104 e. The van der Waals surface area contributed by atoms with Crippen molar-refractivity contribution in [1.82, 2.24) is 0 Å². The lowest BCUT2D eigenvalue weighted by molar-refractivity contribution is 0.460. The largest absolute Gasteiger partial charge is 0.469 e. The van der Waals surface area contributed by atoms with Crippen molar-refractivity contribution in [2.75, 3.05) is 5.33 Å². The number of hydrogen-bond donors (Lipinski definition) is 0. The molecule has 17 heavy (non-hydrogen) atoms. The summed E-state index contributed by atoms with van der Waals surface area (Å²) >= 11 is 9.44. The van der Waals surface area contributed by atoms with Gasteiger partial charge in [0, 0.05) is 16.8 Å². The van der Waals surface area contributed by atoms with E-state index < -0.39 is 0 Å². The molecule has 90 valence electrons. The van der Waals surface area contributed by atoms with Crippen LogP contribution in [0.2, 0.25) is 5.02 Å². The number of halogens is 2. The highest BCUT2D eigenvalue weighted by atomic mass is 79.9. The SMILES string of the molecule is Clc1ccc(CC(CBr)Cc2ccco2)cc1. The maximum Gasteiger partial charge on any atom is 0.104 e. The Morgan fingerprint density at radius 2 is 1.88 bits per heavy atom. The molecule has 1 nitrogen and oxygen atoms in total. The van der Waals surface area contributed by atoms with E-state index in [2.05, 4.69) is 28.1 Å². The molecule has 0 saturated heterocycles. The Morgan fingerprint density at radius 3 is 2.47 bits per heavy atom. The lowest BCUT2D eigenvalue weighted by atomic mass is 9.97. The fraction of sp³-hybridized carbons (Fsp3) is 0.286. The van der Waals surface area contributed by atoms with E-state index in [1.54, 1.807) is 6.26 Å². The molecule has 1 heterocycles. The third-order valence-electron chi connectivity index (χ3n) is 2.73. The number of rotatable bonds is 5. The van der Waals surface area contributed by atoms with Crippen molar-refractivity contribution in [3.05, 3.63) is 59.0 Å². The molecule has 1 aromatic heterocycles. The molecule has 3 heteroatoms.